The van der Waals surface area contributed by atoms with Gasteiger partial charge in [0.05, 0.1) is 5.69 Å². The van der Waals surface area contributed by atoms with E-state index in [0.29, 0.717) is 22.8 Å². The summed E-state index contributed by atoms with van der Waals surface area (Å²) in [6.45, 7) is 0. The molecule has 5 nitrogen and oxygen atoms in total. The van der Waals surface area contributed by atoms with E-state index in [4.69, 9.17) is 5.73 Å². The highest BCUT2D eigenvalue weighted by molar-refractivity contribution is 6.06. The molecule has 0 spiro atoms. The Morgan fingerprint density at radius 1 is 0.815 bits per heavy atom. The summed E-state index contributed by atoms with van der Waals surface area (Å²) in [5, 5.41) is 8.23. The summed E-state index contributed by atoms with van der Waals surface area (Å²) < 4.78 is 0. The normalized spacial score (nSPS) is 10.5. The van der Waals surface area contributed by atoms with E-state index in [0.717, 1.165) is 16.5 Å². The maximum Gasteiger partial charge on any atom is 0.255 e. The maximum absolute atomic E-state index is 12.6. The van der Waals surface area contributed by atoms with Gasteiger partial charge < -0.3 is 16.4 Å². The van der Waals surface area contributed by atoms with Crippen LogP contribution in [0.1, 0.15) is 10.4 Å². The number of anilines is 4. The number of hydrogen-bond donors (Lipinski definition) is 3. The summed E-state index contributed by atoms with van der Waals surface area (Å²) in [6, 6.07) is 24.6. The second-order valence-electron chi connectivity index (χ2n) is 6.16. The van der Waals surface area contributed by atoms with Crippen LogP contribution in [0.15, 0.2) is 85.1 Å². The van der Waals surface area contributed by atoms with Gasteiger partial charge in [0.1, 0.15) is 0 Å². The van der Waals surface area contributed by atoms with E-state index in [1.807, 2.05) is 66.7 Å². The number of nitrogen functional groups attached to an aromatic ring is 1. The number of pyridine rings is 1. The number of benzene rings is 3. The number of fused-ring (bicyclic) bond motifs is 1. The van der Waals surface area contributed by atoms with Gasteiger partial charge >= 0.3 is 0 Å². The van der Waals surface area contributed by atoms with Gasteiger partial charge in [-0.3, -0.25) is 4.79 Å². The molecule has 0 aliphatic carbocycles. The number of hydrogen-bond acceptors (Lipinski definition) is 4. The Balaban J connectivity index is 1.53. The number of nitrogens with two attached hydrogens (primary N) is 1. The van der Waals surface area contributed by atoms with Crippen molar-refractivity contribution in [2.75, 3.05) is 16.4 Å². The lowest BCUT2D eigenvalue weighted by Crippen LogP contribution is -2.11. The molecule has 0 saturated carbocycles. The number of amides is 1. The van der Waals surface area contributed by atoms with Crippen molar-refractivity contribution < 1.29 is 4.79 Å². The molecule has 1 heterocycles. The van der Waals surface area contributed by atoms with Gasteiger partial charge in [-0.25, -0.2) is 4.98 Å². The predicted octanol–water partition coefficient (Wildman–Crippen LogP) is 4.81. The summed E-state index contributed by atoms with van der Waals surface area (Å²) in [4.78, 5) is 16.8. The van der Waals surface area contributed by atoms with Crippen LogP contribution in [0, 0.1) is 0 Å². The van der Waals surface area contributed by atoms with Crippen LogP contribution < -0.4 is 16.4 Å². The molecule has 0 aliphatic rings. The van der Waals surface area contributed by atoms with E-state index in [1.165, 1.54) is 0 Å². The molecule has 0 saturated heterocycles. The second-order valence-corrected chi connectivity index (χ2v) is 6.16. The SMILES string of the molecule is Nc1cccnc1Nc1cccc(NC(=O)c2ccc3ccccc3c2)c1. The van der Waals surface area contributed by atoms with E-state index in [9.17, 15) is 4.79 Å². The molecule has 0 radical (unpaired) electrons. The first-order chi connectivity index (χ1) is 13.2. The molecule has 0 atom stereocenters. The van der Waals surface area contributed by atoms with Crippen LogP contribution in [-0.4, -0.2) is 10.9 Å². The van der Waals surface area contributed by atoms with E-state index in [-0.39, 0.29) is 5.91 Å². The smallest absolute Gasteiger partial charge is 0.255 e. The zero-order valence-corrected chi connectivity index (χ0v) is 14.5. The summed E-state index contributed by atoms with van der Waals surface area (Å²) >= 11 is 0. The first-order valence-corrected chi connectivity index (χ1v) is 8.57. The van der Waals surface area contributed by atoms with Crippen LogP contribution in [0.25, 0.3) is 10.8 Å². The van der Waals surface area contributed by atoms with Crippen molar-refractivity contribution in [3.05, 3.63) is 90.6 Å². The number of rotatable bonds is 4. The summed E-state index contributed by atoms with van der Waals surface area (Å²) in [7, 11) is 0. The van der Waals surface area contributed by atoms with E-state index in [1.54, 1.807) is 18.3 Å². The first-order valence-electron chi connectivity index (χ1n) is 8.57. The zero-order valence-electron chi connectivity index (χ0n) is 14.5. The Kier molecular flexibility index (Phi) is 4.41. The molecule has 3 aromatic carbocycles. The highest BCUT2D eigenvalue weighted by Crippen LogP contribution is 2.23. The van der Waals surface area contributed by atoms with Crippen molar-refractivity contribution in [2.45, 2.75) is 0 Å². The average Bonchev–Trinajstić information content (AvgIpc) is 2.70. The zero-order chi connectivity index (χ0) is 18.6. The maximum atomic E-state index is 12.6. The van der Waals surface area contributed by atoms with Gasteiger partial charge in [0.15, 0.2) is 5.82 Å². The van der Waals surface area contributed by atoms with Gasteiger partial charge in [0, 0.05) is 23.1 Å². The van der Waals surface area contributed by atoms with Crippen molar-refractivity contribution in [1.82, 2.24) is 4.98 Å². The van der Waals surface area contributed by atoms with Crippen molar-refractivity contribution in [3.63, 3.8) is 0 Å². The molecule has 0 unspecified atom stereocenters. The van der Waals surface area contributed by atoms with E-state index in [2.05, 4.69) is 15.6 Å². The minimum Gasteiger partial charge on any atom is -0.396 e. The molecule has 27 heavy (non-hydrogen) atoms. The molecular weight excluding hydrogens is 336 g/mol. The van der Waals surface area contributed by atoms with Crippen molar-refractivity contribution >= 4 is 39.6 Å². The molecule has 4 rings (SSSR count). The molecule has 132 valence electrons. The largest absolute Gasteiger partial charge is 0.396 e. The first kappa shape index (κ1) is 16.6. The predicted molar refractivity (Wildman–Crippen MR) is 110 cm³/mol. The lowest BCUT2D eigenvalue weighted by Gasteiger charge is -2.11. The molecule has 1 aromatic heterocycles. The number of nitrogens with one attached hydrogen (secondary N) is 2. The Labute approximate surface area is 156 Å². The van der Waals surface area contributed by atoms with Crippen molar-refractivity contribution in [3.8, 4) is 0 Å². The molecule has 0 aliphatic heterocycles. The minimum absolute atomic E-state index is 0.157. The van der Waals surface area contributed by atoms with Gasteiger partial charge in [-0.2, -0.15) is 0 Å². The van der Waals surface area contributed by atoms with E-state index >= 15 is 0 Å². The van der Waals surface area contributed by atoms with Gasteiger partial charge in [-0.05, 0) is 53.2 Å². The monoisotopic (exact) mass is 354 g/mol. The molecule has 4 aromatic rings. The standard InChI is InChI=1S/C22H18N4O/c23-20-9-4-12-24-21(20)25-18-7-3-8-19(14-18)26-22(27)17-11-10-15-5-1-2-6-16(15)13-17/h1-14H,23H2,(H,24,25)(H,26,27). The topological polar surface area (TPSA) is 80.0 Å². The fourth-order valence-corrected chi connectivity index (χ4v) is 2.87. The van der Waals surface area contributed by atoms with Crippen molar-refractivity contribution in [1.29, 1.82) is 0 Å². The number of nitrogens with zero attached hydrogens (tertiary/aromatic N) is 1. The lowest BCUT2D eigenvalue weighted by molar-refractivity contribution is 0.102. The van der Waals surface area contributed by atoms with Crippen LogP contribution in [-0.2, 0) is 0 Å². The van der Waals surface area contributed by atoms with Crippen molar-refractivity contribution in [2.24, 2.45) is 0 Å². The molecule has 0 fully saturated rings. The van der Waals surface area contributed by atoms with Gasteiger partial charge in [-0.15, -0.1) is 0 Å². The molecule has 5 heteroatoms. The third-order valence-corrected chi connectivity index (χ3v) is 4.23. The molecular formula is C22H18N4O. The molecule has 0 bridgehead atoms. The third kappa shape index (κ3) is 3.72. The fraction of sp³-hybridized carbons (Fsp3) is 0. The highest BCUT2D eigenvalue weighted by Gasteiger charge is 2.08. The summed E-state index contributed by atoms with van der Waals surface area (Å²) in [5.74, 6) is 0.422. The molecule has 1 amide bonds. The van der Waals surface area contributed by atoms with Crippen LogP contribution in [0.5, 0.6) is 0 Å². The third-order valence-electron chi connectivity index (χ3n) is 4.23. The lowest BCUT2D eigenvalue weighted by atomic mass is 10.1. The fourth-order valence-electron chi connectivity index (χ4n) is 2.87. The Morgan fingerprint density at radius 2 is 1.63 bits per heavy atom. The average molecular weight is 354 g/mol. The quantitative estimate of drug-likeness (QED) is 0.491. The van der Waals surface area contributed by atoms with Crippen LogP contribution >= 0.6 is 0 Å². The van der Waals surface area contributed by atoms with Gasteiger partial charge in [0.2, 0.25) is 0 Å². The summed E-state index contributed by atoms with van der Waals surface area (Å²) in [6.07, 6.45) is 1.67. The number of carbonyl (C=O) groups is 1. The Hall–Kier alpha value is -3.86. The van der Waals surface area contributed by atoms with Gasteiger partial charge in [-0.1, -0.05) is 36.4 Å². The number of carbonyl (C=O) groups excluding carboxylic acids is 1. The number of aromatic nitrogens is 1. The second kappa shape index (κ2) is 7.17. The van der Waals surface area contributed by atoms with Gasteiger partial charge in [0.25, 0.3) is 5.91 Å². The highest BCUT2D eigenvalue weighted by atomic mass is 16.1. The van der Waals surface area contributed by atoms with E-state index < -0.39 is 0 Å². The minimum atomic E-state index is -0.157. The van der Waals surface area contributed by atoms with Crippen LogP contribution in [0.3, 0.4) is 0 Å². The summed E-state index contributed by atoms with van der Waals surface area (Å²) in [5.41, 5.74) is 8.56. The van der Waals surface area contributed by atoms with Crippen LogP contribution in [0.2, 0.25) is 0 Å². The molecule has 4 N–H and O–H groups in total. The Bertz CT molecular complexity index is 1120. The van der Waals surface area contributed by atoms with Crippen LogP contribution in [0.4, 0.5) is 22.9 Å². The Morgan fingerprint density at radius 3 is 2.48 bits per heavy atom.